The second-order valence-electron chi connectivity index (χ2n) is 4.67. The van der Waals surface area contributed by atoms with Gasteiger partial charge in [-0.15, -0.1) is 0 Å². The second-order valence-corrected chi connectivity index (χ2v) is 4.67. The molecule has 0 atom stereocenters. The molecule has 3 aromatic rings. The topological polar surface area (TPSA) is 22.1 Å². The third kappa shape index (κ3) is 1.61. The zero-order chi connectivity index (χ0) is 12.7. The molecule has 3 rings (SSSR count). The van der Waals surface area contributed by atoms with Crippen LogP contribution in [0.25, 0.3) is 21.8 Å². The Morgan fingerprint density at radius 1 is 1.06 bits per heavy atom. The highest BCUT2D eigenvalue weighted by Gasteiger charge is 2.06. The van der Waals surface area contributed by atoms with Crippen LogP contribution in [0.15, 0.2) is 36.4 Å². The summed E-state index contributed by atoms with van der Waals surface area (Å²) in [5.74, 6) is 0.876. The van der Waals surface area contributed by atoms with Gasteiger partial charge in [0.25, 0.3) is 0 Å². The minimum Gasteiger partial charge on any atom is -0.496 e. The van der Waals surface area contributed by atoms with E-state index < -0.39 is 0 Å². The predicted octanol–water partition coefficient (Wildman–Crippen LogP) is 4.01. The maximum Gasteiger partial charge on any atom is 0.128 e. The first-order valence-corrected chi connectivity index (χ1v) is 6.04. The van der Waals surface area contributed by atoms with E-state index in [4.69, 9.17) is 9.72 Å². The molecule has 2 heteroatoms. The molecule has 0 saturated heterocycles. The van der Waals surface area contributed by atoms with Crippen molar-refractivity contribution in [3.8, 4) is 5.75 Å². The number of benzene rings is 2. The van der Waals surface area contributed by atoms with Crippen LogP contribution in [0, 0.1) is 13.8 Å². The van der Waals surface area contributed by atoms with Crippen LogP contribution in [-0.2, 0) is 0 Å². The van der Waals surface area contributed by atoms with Gasteiger partial charge in [-0.1, -0.05) is 17.7 Å². The van der Waals surface area contributed by atoms with Gasteiger partial charge in [0.05, 0.1) is 18.1 Å². The first kappa shape index (κ1) is 11.0. The average molecular weight is 237 g/mol. The average Bonchev–Trinajstić information content (AvgIpc) is 2.36. The number of fused-ring (bicyclic) bond motifs is 2. The highest BCUT2D eigenvalue weighted by Crippen LogP contribution is 2.29. The van der Waals surface area contributed by atoms with Gasteiger partial charge in [-0.05, 0) is 43.7 Å². The van der Waals surface area contributed by atoms with E-state index in [-0.39, 0.29) is 0 Å². The number of hydrogen-bond donors (Lipinski definition) is 0. The Balaban J connectivity index is 2.47. The van der Waals surface area contributed by atoms with E-state index in [0.29, 0.717) is 0 Å². The van der Waals surface area contributed by atoms with Crippen molar-refractivity contribution in [1.82, 2.24) is 4.98 Å². The van der Waals surface area contributed by atoms with Crippen molar-refractivity contribution in [2.45, 2.75) is 13.8 Å². The van der Waals surface area contributed by atoms with Gasteiger partial charge in [-0.3, -0.25) is 0 Å². The molecule has 1 aromatic heterocycles. The molecular formula is C16H15NO. The Labute approximate surface area is 106 Å². The van der Waals surface area contributed by atoms with Gasteiger partial charge in [-0.25, -0.2) is 4.98 Å². The van der Waals surface area contributed by atoms with E-state index >= 15 is 0 Å². The first-order valence-electron chi connectivity index (χ1n) is 6.04. The Bertz CT molecular complexity index is 747. The van der Waals surface area contributed by atoms with Crippen molar-refractivity contribution < 1.29 is 4.74 Å². The number of ether oxygens (including phenoxy) is 1. The summed E-state index contributed by atoms with van der Waals surface area (Å²) in [7, 11) is 1.69. The minimum atomic E-state index is 0.876. The van der Waals surface area contributed by atoms with Crippen LogP contribution in [0.3, 0.4) is 0 Å². The third-order valence-corrected chi connectivity index (χ3v) is 3.27. The quantitative estimate of drug-likeness (QED) is 0.596. The predicted molar refractivity (Wildman–Crippen MR) is 75.3 cm³/mol. The van der Waals surface area contributed by atoms with Gasteiger partial charge in [0.2, 0.25) is 0 Å². The van der Waals surface area contributed by atoms with Crippen LogP contribution < -0.4 is 4.74 Å². The zero-order valence-corrected chi connectivity index (χ0v) is 10.8. The Hall–Kier alpha value is -2.09. The van der Waals surface area contributed by atoms with Crippen molar-refractivity contribution in [1.29, 1.82) is 0 Å². The number of pyridine rings is 1. The first-order chi connectivity index (χ1) is 8.69. The summed E-state index contributed by atoms with van der Waals surface area (Å²) in [6.45, 7) is 4.22. The fraction of sp³-hybridized carbons (Fsp3) is 0.188. The summed E-state index contributed by atoms with van der Waals surface area (Å²) in [5.41, 5.74) is 4.53. The Morgan fingerprint density at radius 2 is 1.89 bits per heavy atom. The number of nitrogens with zero attached hydrogens (tertiary/aromatic N) is 1. The molecule has 0 spiro atoms. The van der Waals surface area contributed by atoms with Crippen LogP contribution in [-0.4, -0.2) is 12.1 Å². The molecule has 0 saturated carbocycles. The van der Waals surface area contributed by atoms with E-state index in [1.54, 1.807) is 7.11 Å². The van der Waals surface area contributed by atoms with E-state index in [9.17, 15) is 0 Å². The van der Waals surface area contributed by atoms with Crippen LogP contribution in [0.2, 0.25) is 0 Å². The largest absolute Gasteiger partial charge is 0.496 e. The van der Waals surface area contributed by atoms with Crippen molar-refractivity contribution in [3.63, 3.8) is 0 Å². The smallest absolute Gasteiger partial charge is 0.128 e. The number of rotatable bonds is 1. The minimum absolute atomic E-state index is 0.876. The lowest BCUT2D eigenvalue weighted by atomic mass is 10.0. The van der Waals surface area contributed by atoms with E-state index in [1.807, 2.05) is 18.2 Å². The third-order valence-electron chi connectivity index (χ3n) is 3.27. The van der Waals surface area contributed by atoms with Crippen LogP contribution >= 0.6 is 0 Å². The van der Waals surface area contributed by atoms with E-state index in [0.717, 1.165) is 22.2 Å². The number of aryl methyl sites for hydroxylation is 2. The molecular weight excluding hydrogens is 222 g/mol. The van der Waals surface area contributed by atoms with Crippen LogP contribution in [0.1, 0.15) is 11.1 Å². The standard InChI is InChI=1S/C16H15NO/c1-10-7-11(2)16-12(8-10)9-13-14(17-16)5-4-6-15(13)18-3/h4-9H,1-3H3. The van der Waals surface area contributed by atoms with Crippen molar-refractivity contribution in [2.75, 3.05) is 7.11 Å². The zero-order valence-electron chi connectivity index (χ0n) is 10.8. The summed E-state index contributed by atoms with van der Waals surface area (Å²) < 4.78 is 5.40. The SMILES string of the molecule is COc1cccc2nc3c(C)cc(C)cc3cc12. The molecule has 0 aliphatic carbocycles. The molecule has 0 N–H and O–H groups in total. The molecule has 90 valence electrons. The van der Waals surface area contributed by atoms with Gasteiger partial charge in [0.1, 0.15) is 5.75 Å². The molecule has 0 fully saturated rings. The molecule has 2 aromatic carbocycles. The maximum atomic E-state index is 5.40. The molecule has 18 heavy (non-hydrogen) atoms. The van der Waals surface area contributed by atoms with E-state index in [1.165, 1.54) is 16.5 Å². The molecule has 0 radical (unpaired) electrons. The lowest BCUT2D eigenvalue weighted by molar-refractivity contribution is 0.420. The second kappa shape index (κ2) is 3.98. The normalized spacial score (nSPS) is 11.1. The van der Waals surface area contributed by atoms with E-state index in [2.05, 4.69) is 32.0 Å². The van der Waals surface area contributed by atoms with Crippen LogP contribution in [0.4, 0.5) is 0 Å². The lowest BCUT2D eigenvalue weighted by Crippen LogP contribution is -1.90. The van der Waals surface area contributed by atoms with Crippen molar-refractivity contribution >= 4 is 21.8 Å². The van der Waals surface area contributed by atoms with Gasteiger partial charge >= 0.3 is 0 Å². The highest BCUT2D eigenvalue weighted by atomic mass is 16.5. The number of aromatic nitrogens is 1. The van der Waals surface area contributed by atoms with Gasteiger partial charge in [-0.2, -0.15) is 0 Å². The fourth-order valence-corrected chi connectivity index (χ4v) is 2.48. The number of hydrogen-bond acceptors (Lipinski definition) is 2. The summed E-state index contributed by atoms with van der Waals surface area (Å²) in [4.78, 5) is 4.75. The van der Waals surface area contributed by atoms with Gasteiger partial charge in [0, 0.05) is 10.8 Å². The summed E-state index contributed by atoms with van der Waals surface area (Å²) in [5, 5.41) is 2.24. The molecule has 1 heterocycles. The fourth-order valence-electron chi connectivity index (χ4n) is 2.48. The monoisotopic (exact) mass is 237 g/mol. The lowest BCUT2D eigenvalue weighted by Gasteiger charge is -2.08. The van der Waals surface area contributed by atoms with Crippen LogP contribution in [0.5, 0.6) is 5.75 Å². The summed E-state index contributed by atoms with van der Waals surface area (Å²) in [6.07, 6.45) is 0. The molecule has 0 bridgehead atoms. The van der Waals surface area contributed by atoms with Crippen molar-refractivity contribution in [2.24, 2.45) is 0 Å². The van der Waals surface area contributed by atoms with Gasteiger partial charge < -0.3 is 4.74 Å². The molecule has 0 unspecified atom stereocenters. The number of methoxy groups -OCH3 is 1. The highest BCUT2D eigenvalue weighted by molar-refractivity contribution is 5.97. The molecule has 2 nitrogen and oxygen atoms in total. The summed E-state index contributed by atoms with van der Waals surface area (Å²) >= 11 is 0. The molecule has 0 aliphatic rings. The maximum absolute atomic E-state index is 5.40. The Morgan fingerprint density at radius 3 is 2.67 bits per heavy atom. The Kier molecular flexibility index (Phi) is 2.44. The molecule has 0 aliphatic heterocycles. The van der Waals surface area contributed by atoms with Gasteiger partial charge in [0.15, 0.2) is 0 Å². The van der Waals surface area contributed by atoms with Crippen molar-refractivity contribution in [3.05, 3.63) is 47.5 Å². The molecule has 0 amide bonds. The summed E-state index contributed by atoms with van der Waals surface area (Å²) in [6, 6.07) is 12.5.